The number of nitrogens with zero attached hydrogens (tertiary/aromatic N) is 9. The van der Waals surface area contributed by atoms with Crippen molar-refractivity contribution in [1.82, 2.24) is 24.5 Å². The summed E-state index contributed by atoms with van der Waals surface area (Å²) >= 11 is 0. The average Bonchev–Trinajstić information content (AvgIpc) is 3.88. The van der Waals surface area contributed by atoms with Crippen molar-refractivity contribution >= 4 is 33.2 Å². The van der Waals surface area contributed by atoms with Crippen LogP contribution in [0.1, 0.15) is 11.1 Å². The van der Waals surface area contributed by atoms with Crippen molar-refractivity contribution < 1.29 is 0 Å². The van der Waals surface area contributed by atoms with Crippen LogP contribution in [0.15, 0.2) is 224 Å². The maximum atomic E-state index is 9.98. The number of hydrogen-bond donors (Lipinski definition) is 0. The molecule has 0 aliphatic rings. The highest BCUT2D eigenvalue weighted by atomic mass is 15.0. The van der Waals surface area contributed by atoms with E-state index in [2.05, 4.69) is 93.1 Å². The van der Waals surface area contributed by atoms with Gasteiger partial charge in [0, 0.05) is 55.3 Å². The Kier molecular flexibility index (Phi) is 11.6. The fraction of sp³-hybridized carbons (Fsp3) is 0. The first-order chi connectivity index (χ1) is 36.9. The molecule has 75 heavy (non-hydrogen) atoms. The molecule has 0 atom stereocenters. The summed E-state index contributed by atoms with van der Waals surface area (Å²) in [5.41, 5.74) is 15.5. The molecule has 12 aromatic rings. The molecule has 0 saturated heterocycles. The third-order valence-electron chi connectivity index (χ3n) is 13.2. The molecular weight excluding hydrogens is 919 g/mol. The predicted octanol–water partition coefficient (Wildman–Crippen LogP) is 16.5. The molecule has 0 N–H and O–H groups in total. The summed E-state index contributed by atoms with van der Waals surface area (Å²) in [6.45, 7) is 15.6. The summed E-state index contributed by atoms with van der Waals surface area (Å²) in [7, 11) is 0. The first-order valence-electron chi connectivity index (χ1n) is 24.0. The normalized spacial score (nSPS) is 10.9. The number of aromatic nitrogens is 5. The van der Waals surface area contributed by atoms with Gasteiger partial charge >= 0.3 is 0 Å². The Hall–Kier alpha value is -11.1. The van der Waals surface area contributed by atoms with Gasteiger partial charge in [0.25, 0.3) is 0 Å². The van der Waals surface area contributed by atoms with Gasteiger partial charge in [-0.15, -0.1) is 0 Å². The third kappa shape index (κ3) is 8.68. The molecule has 0 aliphatic heterocycles. The summed E-state index contributed by atoms with van der Waals surface area (Å²) in [5.74, 6) is 1.16. The standard InChI is InChI=1S/C66H37N9/c1-69-53-31-42(40-67)29-51(33-53)48-23-26-62-55(35-48)56-36-49(52-30-43(41-68)32-54(34-52)70-2)24-27-63(56)75(62)64-28-25-50(60-38-58(44-15-7-3-8-16-44)71-65(73-60)46-19-11-5-12-20-46)37-57(64)61-39-59(45-17-9-4-10-18-45)72-66(74-61)47-21-13-6-14-22-47/h3-39H. The lowest BCUT2D eigenvalue weighted by Crippen LogP contribution is -2.02. The molecule has 0 fully saturated rings. The zero-order valence-corrected chi connectivity index (χ0v) is 39.9. The van der Waals surface area contributed by atoms with Crippen LogP contribution in [0.25, 0.3) is 127 Å². The van der Waals surface area contributed by atoms with Gasteiger partial charge in [-0.25, -0.2) is 29.6 Å². The van der Waals surface area contributed by atoms with Gasteiger partial charge in [0.15, 0.2) is 23.0 Å². The van der Waals surface area contributed by atoms with Crippen molar-refractivity contribution in [2.24, 2.45) is 0 Å². The van der Waals surface area contributed by atoms with Crippen molar-refractivity contribution in [3.05, 3.63) is 258 Å². The largest absolute Gasteiger partial charge is 0.309 e. The van der Waals surface area contributed by atoms with E-state index in [0.717, 1.165) is 100 Å². The molecule has 12 rings (SSSR count). The smallest absolute Gasteiger partial charge is 0.189 e. The van der Waals surface area contributed by atoms with Crippen LogP contribution >= 0.6 is 0 Å². The van der Waals surface area contributed by atoms with E-state index < -0.39 is 0 Å². The minimum absolute atomic E-state index is 0.372. The molecule has 0 saturated carbocycles. The van der Waals surface area contributed by atoms with Crippen LogP contribution in [-0.2, 0) is 0 Å². The van der Waals surface area contributed by atoms with Crippen molar-refractivity contribution in [3.8, 4) is 108 Å². The zero-order chi connectivity index (χ0) is 50.8. The molecule has 0 radical (unpaired) electrons. The van der Waals surface area contributed by atoms with Gasteiger partial charge < -0.3 is 4.57 Å². The number of hydrogen-bond acceptors (Lipinski definition) is 6. The van der Waals surface area contributed by atoms with Crippen LogP contribution in [-0.4, -0.2) is 24.5 Å². The monoisotopic (exact) mass is 955 g/mol. The fourth-order valence-corrected chi connectivity index (χ4v) is 9.68. The van der Waals surface area contributed by atoms with Crippen LogP contribution in [0, 0.1) is 35.8 Å². The van der Waals surface area contributed by atoms with E-state index in [9.17, 15) is 10.5 Å². The van der Waals surface area contributed by atoms with E-state index in [1.807, 2.05) is 121 Å². The number of fused-ring (bicyclic) bond motifs is 3. The van der Waals surface area contributed by atoms with E-state index in [1.165, 1.54) is 0 Å². The van der Waals surface area contributed by atoms with Gasteiger partial charge in [0.1, 0.15) is 0 Å². The SMILES string of the molecule is [C-]#[N+]c1cc(C#N)cc(-c2ccc3c(c2)c2cc(-c4cc(C#N)cc([N+]#[C-])c4)ccc2n3-c2ccc(-c3cc(-c4ccccc4)nc(-c4ccccc4)n3)cc2-c2cc(-c3ccccc3)nc(-c3ccccc3)n2)c1. The zero-order valence-electron chi connectivity index (χ0n) is 39.9. The lowest BCUT2D eigenvalue weighted by atomic mass is 9.98. The van der Waals surface area contributed by atoms with E-state index in [-0.39, 0.29) is 0 Å². The van der Waals surface area contributed by atoms with E-state index in [0.29, 0.717) is 39.8 Å². The summed E-state index contributed by atoms with van der Waals surface area (Å²) in [5, 5.41) is 21.8. The lowest BCUT2D eigenvalue weighted by molar-refractivity contribution is 1.15. The molecule has 346 valence electrons. The molecule has 0 aliphatic carbocycles. The molecule has 0 spiro atoms. The maximum Gasteiger partial charge on any atom is 0.189 e. The van der Waals surface area contributed by atoms with Crippen LogP contribution in [0.5, 0.6) is 0 Å². The van der Waals surface area contributed by atoms with Crippen LogP contribution < -0.4 is 0 Å². The third-order valence-corrected chi connectivity index (χ3v) is 13.2. The predicted molar refractivity (Wildman–Crippen MR) is 297 cm³/mol. The van der Waals surface area contributed by atoms with E-state index in [1.54, 1.807) is 36.4 Å². The number of benzene rings is 9. The second kappa shape index (κ2) is 19.2. The number of nitriles is 2. The summed E-state index contributed by atoms with van der Waals surface area (Å²) < 4.78 is 2.25. The Morgan fingerprint density at radius 3 is 1.19 bits per heavy atom. The van der Waals surface area contributed by atoms with Gasteiger partial charge in [0.05, 0.1) is 64.8 Å². The van der Waals surface area contributed by atoms with Crippen LogP contribution in [0.2, 0.25) is 0 Å². The Bertz CT molecular complexity index is 4070. The fourth-order valence-electron chi connectivity index (χ4n) is 9.68. The highest BCUT2D eigenvalue weighted by Crippen LogP contribution is 2.43. The Morgan fingerprint density at radius 1 is 0.347 bits per heavy atom. The molecule has 0 bridgehead atoms. The van der Waals surface area contributed by atoms with Crippen LogP contribution in [0.3, 0.4) is 0 Å². The molecule has 0 unspecified atom stereocenters. The topological polar surface area (TPSA) is 113 Å². The summed E-state index contributed by atoms with van der Waals surface area (Å²) in [4.78, 5) is 28.3. The maximum absolute atomic E-state index is 9.98. The second-order valence-electron chi connectivity index (χ2n) is 17.9. The summed E-state index contributed by atoms with van der Waals surface area (Å²) in [6, 6.07) is 78.0. The van der Waals surface area contributed by atoms with Gasteiger partial charge in [-0.05, 0) is 107 Å². The Balaban J connectivity index is 1.16. The first-order valence-corrected chi connectivity index (χ1v) is 24.0. The molecule has 9 aromatic carbocycles. The molecule has 0 amide bonds. The van der Waals surface area contributed by atoms with Crippen molar-refractivity contribution in [3.63, 3.8) is 0 Å². The van der Waals surface area contributed by atoms with E-state index >= 15 is 0 Å². The number of rotatable bonds is 9. The van der Waals surface area contributed by atoms with Crippen molar-refractivity contribution in [1.29, 1.82) is 10.5 Å². The molecule has 9 heteroatoms. The second-order valence-corrected chi connectivity index (χ2v) is 17.9. The molecule has 9 nitrogen and oxygen atoms in total. The van der Waals surface area contributed by atoms with E-state index in [4.69, 9.17) is 33.1 Å². The molecule has 3 aromatic heterocycles. The van der Waals surface area contributed by atoms with Gasteiger partial charge in [-0.2, -0.15) is 10.5 Å². The Labute approximate surface area is 432 Å². The minimum atomic E-state index is 0.372. The van der Waals surface area contributed by atoms with Gasteiger partial charge in [-0.3, -0.25) is 0 Å². The lowest BCUT2D eigenvalue weighted by Gasteiger charge is -2.17. The van der Waals surface area contributed by atoms with Crippen molar-refractivity contribution in [2.45, 2.75) is 0 Å². The highest BCUT2D eigenvalue weighted by Gasteiger charge is 2.22. The minimum Gasteiger partial charge on any atom is -0.309 e. The quantitative estimate of drug-likeness (QED) is 0.133. The average molecular weight is 956 g/mol. The molecular formula is C66H37N9. The molecule has 3 heterocycles. The Morgan fingerprint density at radius 2 is 0.747 bits per heavy atom. The van der Waals surface area contributed by atoms with Crippen molar-refractivity contribution in [2.75, 3.05) is 0 Å². The first kappa shape index (κ1) is 45.1. The van der Waals surface area contributed by atoms with Crippen LogP contribution in [0.4, 0.5) is 11.4 Å². The summed E-state index contributed by atoms with van der Waals surface area (Å²) in [6.07, 6.45) is 0. The van der Waals surface area contributed by atoms with Gasteiger partial charge in [-0.1, -0.05) is 140 Å². The highest BCUT2D eigenvalue weighted by molar-refractivity contribution is 6.12. The van der Waals surface area contributed by atoms with Gasteiger partial charge in [0.2, 0.25) is 0 Å².